The maximum Gasteiger partial charge on any atom is 0.219 e. The minimum atomic E-state index is 0.147. The third-order valence-electron chi connectivity index (χ3n) is 3.91. The Morgan fingerprint density at radius 3 is 3.26 bits per heavy atom. The number of carbonyl (C=O) groups is 1. The molecule has 0 unspecified atom stereocenters. The number of amides is 1. The molecular weight excluding hydrogens is 240 g/mol. The molecule has 102 valence electrons. The Balaban J connectivity index is 1.66. The van der Waals surface area contributed by atoms with E-state index >= 15 is 0 Å². The van der Waals surface area contributed by atoms with Gasteiger partial charge < -0.3 is 15.0 Å². The Morgan fingerprint density at radius 2 is 2.42 bits per heavy atom. The molecule has 4 heteroatoms. The molecule has 2 heterocycles. The van der Waals surface area contributed by atoms with E-state index in [1.807, 2.05) is 6.92 Å². The lowest BCUT2D eigenvalue weighted by Gasteiger charge is -2.19. The number of rotatable bonds is 3. The van der Waals surface area contributed by atoms with Gasteiger partial charge >= 0.3 is 0 Å². The van der Waals surface area contributed by atoms with Crippen LogP contribution in [0.4, 0.5) is 5.69 Å². The fourth-order valence-corrected chi connectivity index (χ4v) is 2.81. The number of nitrogens with zero attached hydrogens (tertiary/aromatic N) is 1. The molecule has 0 saturated carbocycles. The second kappa shape index (κ2) is 5.11. The number of hydrogen-bond acceptors (Lipinski definition) is 3. The van der Waals surface area contributed by atoms with Crippen LogP contribution in [0.1, 0.15) is 25.3 Å². The first kappa shape index (κ1) is 12.3. The van der Waals surface area contributed by atoms with Crippen molar-refractivity contribution in [3.63, 3.8) is 0 Å². The van der Waals surface area contributed by atoms with E-state index in [2.05, 4.69) is 28.4 Å². The first-order valence-corrected chi connectivity index (χ1v) is 7.06. The Labute approximate surface area is 113 Å². The third-order valence-corrected chi connectivity index (χ3v) is 3.91. The molecule has 0 radical (unpaired) electrons. The molecule has 1 atom stereocenters. The van der Waals surface area contributed by atoms with Gasteiger partial charge in [0.25, 0.3) is 0 Å². The van der Waals surface area contributed by atoms with Gasteiger partial charge in [0.1, 0.15) is 5.75 Å². The molecule has 2 aliphatic heterocycles. The van der Waals surface area contributed by atoms with Crippen LogP contribution in [0.5, 0.6) is 5.75 Å². The van der Waals surface area contributed by atoms with Crippen molar-refractivity contribution in [3.05, 3.63) is 23.8 Å². The number of fused-ring (bicyclic) bond motifs is 1. The average molecular weight is 260 g/mol. The van der Waals surface area contributed by atoms with E-state index in [4.69, 9.17) is 4.74 Å². The summed E-state index contributed by atoms with van der Waals surface area (Å²) in [7, 11) is 0. The highest BCUT2D eigenvalue weighted by Gasteiger charge is 2.24. The van der Waals surface area contributed by atoms with Crippen molar-refractivity contribution in [1.82, 2.24) is 5.32 Å². The summed E-state index contributed by atoms with van der Waals surface area (Å²) >= 11 is 0. The summed E-state index contributed by atoms with van der Waals surface area (Å²) in [5.74, 6) is 1.17. The van der Waals surface area contributed by atoms with Gasteiger partial charge in [0.2, 0.25) is 5.91 Å². The van der Waals surface area contributed by atoms with Crippen molar-refractivity contribution >= 4 is 11.6 Å². The van der Waals surface area contributed by atoms with E-state index in [0.717, 1.165) is 38.3 Å². The standard InChI is InChI=1S/C15H20N2O2/c1-2-15(18)16-12-5-7-17(10-12)13-3-4-14-11(9-13)6-8-19-14/h3-4,9,12H,2,5-8,10H2,1H3,(H,16,18)/t12-/m0/s1. The van der Waals surface area contributed by atoms with Gasteiger partial charge in [-0.3, -0.25) is 4.79 Å². The van der Waals surface area contributed by atoms with Gasteiger partial charge in [0, 0.05) is 37.7 Å². The van der Waals surface area contributed by atoms with Gasteiger partial charge in [0.15, 0.2) is 0 Å². The maximum absolute atomic E-state index is 11.4. The van der Waals surface area contributed by atoms with E-state index in [-0.39, 0.29) is 11.9 Å². The summed E-state index contributed by atoms with van der Waals surface area (Å²) in [4.78, 5) is 13.8. The summed E-state index contributed by atoms with van der Waals surface area (Å²) in [6, 6.07) is 6.70. The summed E-state index contributed by atoms with van der Waals surface area (Å²) in [6.45, 7) is 4.61. The molecule has 0 spiro atoms. The molecule has 1 aromatic rings. The number of ether oxygens (including phenoxy) is 1. The second-order valence-electron chi connectivity index (χ2n) is 5.24. The average Bonchev–Trinajstić information content (AvgIpc) is 3.05. The summed E-state index contributed by atoms with van der Waals surface area (Å²) in [6.07, 6.45) is 2.60. The monoisotopic (exact) mass is 260 g/mol. The van der Waals surface area contributed by atoms with Crippen molar-refractivity contribution in [2.75, 3.05) is 24.6 Å². The van der Waals surface area contributed by atoms with E-state index in [0.29, 0.717) is 6.42 Å². The molecule has 0 bridgehead atoms. The van der Waals surface area contributed by atoms with Crippen LogP contribution in [0.15, 0.2) is 18.2 Å². The van der Waals surface area contributed by atoms with Crippen LogP contribution in [0.25, 0.3) is 0 Å². The first-order chi connectivity index (χ1) is 9.26. The van der Waals surface area contributed by atoms with Gasteiger partial charge in [-0.2, -0.15) is 0 Å². The molecule has 1 amide bonds. The number of hydrogen-bond donors (Lipinski definition) is 1. The molecule has 0 aliphatic carbocycles. The van der Waals surface area contributed by atoms with E-state index in [1.165, 1.54) is 11.3 Å². The molecule has 1 N–H and O–H groups in total. The van der Waals surface area contributed by atoms with Crippen molar-refractivity contribution in [2.45, 2.75) is 32.2 Å². The normalized spacial score (nSPS) is 21.1. The van der Waals surface area contributed by atoms with Crippen molar-refractivity contribution in [1.29, 1.82) is 0 Å². The topological polar surface area (TPSA) is 41.6 Å². The maximum atomic E-state index is 11.4. The molecule has 1 aromatic carbocycles. The molecule has 3 rings (SSSR count). The molecular formula is C15H20N2O2. The Bertz CT molecular complexity index is 487. The molecule has 1 saturated heterocycles. The highest BCUT2D eigenvalue weighted by Crippen LogP contribution is 2.30. The fourth-order valence-electron chi connectivity index (χ4n) is 2.81. The number of anilines is 1. The Kier molecular flexibility index (Phi) is 3.32. The number of carbonyl (C=O) groups excluding carboxylic acids is 1. The highest BCUT2D eigenvalue weighted by molar-refractivity contribution is 5.76. The molecule has 4 nitrogen and oxygen atoms in total. The predicted molar refractivity (Wildman–Crippen MR) is 74.7 cm³/mol. The Hall–Kier alpha value is -1.71. The third kappa shape index (κ3) is 2.53. The smallest absolute Gasteiger partial charge is 0.219 e. The van der Waals surface area contributed by atoms with Crippen LogP contribution in [0.2, 0.25) is 0 Å². The van der Waals surface area contributed by atoms with Crippen LogP contribution < -0.4 is 15.0 Å². The largest absolute Gasteiger partial charge is 0.493 e. The lowest BCUT2D eigenvalue weighted by molar-refractivity contribution is -0.121. The van der Waals surface area contributed by atoms with Crippen LogP contribution in [0.3, 0.4) is 0 Å². The van der Waals surface area contributed by atoms with Gasteiger partial charge in [-0.25, -0.2) is 0 Å². The summed E-state index contributed by atoms with van der Waals surface area (Å²) < 4.78 is 5.53. The van der Waals surface area contributed by atoms with Gasteiger partial charge in [-0.1, -0.05) is 6.92 Å². The van der Waals surface area contributed by atoms with E-state index in [1.54, 1.807) is 0 Å². The SMILES string of the molecule is CCC(=O)N[C@H]1CCN(c2ccc3c(c2)CCO3)C1. The first-order valence-electron chi connectivity index (χ1n) is 7.06. The zero-order chi connectivity index (χ0) is 13.2. The summed E-state index contributed by atoms with van der Waals surface area (Å²) in [5, 5.41) is 3.08. The quantitative estimate of drug-likeness (QED) is 0.900. The van der Waals surface area contributed by atoms with Crippen LogP contribution in [-0.2, 0) is 11.2 Å². The molecule has 19 heavy (non-hydrogen) atoms. The van der Waals surface area contributed by atoms with Crippen molar-refractivity contribution < 1.29 is 9.53 Å². The fraction of sp³-hybridized carbons (Fsp3) is 0.533. The highest BCUT2D eigenvalue weighted by atomic mass is 16.5. The van der Waals surface area contributed by atoms with Crippen LogP contribution in [0, 0.1) is 0 Å². The van der Waals surface area contributed by atoms with Gasteiger partial charge in [-0.05, 0) is 30.2 Å². The van der Waals surface area contributed by atoms with E-state index < -0.39 is 0 Å². The Morgan fingerprint density at radius 1 is 1.53 bits per heavy atom. The zero-order valence-electron chi connectivity index (χ0n) is 11.3. The van der Waals surface area contributed by atoms with Crippen LogP contribution >= 0.6 is 0 Å². The molecule has 0 aromatic heterocycles. The summed E-state index contributed by atoms with van der Waals surface area (Å²) in [5.41, 5.74) is 2.55. The predicted octanol–water partition coefficient (Wildman–Crippen LogP) is 1.73. The zero-order valence-corrected chi connectivity index (χ0v) is 11.3. The van der Waals surface area contributed by atoms with Crippen molar-refractivity contribution in [2.24, 2.45) is 0 Å². The second-order valence-corrected chi connectivity index (χ2v) is 5.24. The molecule has 2 aliphatic rings. The van der Waals surface area contributed by atoms with Crippen LogP contribution in [-0.4, -0.2) is 31.6 Å². The van der Waals surface area contributed by atoms with Crippen molar-refractivity contribution in [3.8, 4) is 5.75 Å². The number of nitrogens with one attached hydrogen (secondary N) is 1. The van der Waals surface area contributed by atoms with E-state index in [9.17, 15) is 4.79 Å². The minimum absolute atomic E-state index is 0.147. The molecule has 1 fully saturated rings. The van der Waals surface area contributed by atoms with Gasteiger partial charge in [-0.15, -0.1) is 0 Å². The lowest BCUT2D eigenvalue weighted by atomic mass is 10.1. The lowest BCUT2D eigenvalue weighted by Crippen LogP contribution is -2.36. The van der Waals surface area contributed by atoms with Gasteiger partial charge in [0.05, 0.1) is 6.61 Å². The minimum Gasteiger partial charge on any atom is -0.493 e. The number of benzene rings is 1.